The van der Waals surface area contributed by atoms with Gasteiger partial charge in [-0.3, -0.25) is 14.1 Å². The summed E-state index contributed by atoms with van der Waals surface area (Å²) in [7, 11) is -4.11. The Hall–Kier alpha value is -1.15. The fourth-order valence-corrected chi connectivity index (χ4v) is 1.57. The van der Waals surface area contributed by atoms with Crippen LogP contribution in [0.25, 0.3) is 0 Å². The van der Waals surface area contributed by atoms with E-state index in [4.69, 9.17) is 14.8 Å². The Bertz CT molecular complexity index is 331. The molecule has 15 heavy (non-hydrogen) atoms. The number of rotatable bonds is 7. The molecule has 0 saturated heterocycles. The predicted octanol–water partition coefficient (Wildman–Crippen LogP) is -0.170. The van der Waals surface area contributed by atoms with Crippen molar-refractivity contribution in [3.63, 3.8) is 0 Å². The summed E-state index contributed by atoms with van der Waals surface area (Å²) in [6.45, 7) is 0. The third kappa shape index (κ3) is 7.89. The molecule has 0 radical (unpaired) electrons. The minimum absolute atomic E-state index is 0.0803. The molecule has 0 aromatic rings. The van der Waals surface area contributed by atoms with Crippen LogP contribution in [0.2, 0.25) is 0 Å². The van der Waals surface area contributed by atoms with Gasteiger partial charge in [0.25, 0.3) is 10.1 Å². The smallest absolute Gasteiger partial charge is 0.307 e. The van der Waals surface area contributed by atoms with Crippen LogP contribution in [0.5, 0.6) is 0 Å². The van der Waals surface area contributed by atoms with Crippen molar-refractivity contribution in [3.05, 3.63) is 0 Å². The molecule has 1 atom stereocenters. The maximum absolute atomic E-state index is 10.5. The molecule has 3 N–H and O–H groups in total. The number of carboxylic acids is 2. The van der Waals surface area contributed by atoms with E-state index in [1.165, 1.54) is 0 Å². The van der Waals surface area contributed by atoms with Crippen LogP contribution in [0.4, 0.5) is 0 Å². The van der Waals surface area contributed by atoms with Gasteiger partial charge >= 0.3 is 11.9 Å². The Balaban J connectivity index is 4.09. The summed E-state index contributed by atoms with van der Waals surface area (Å²) in [4.78, 5) is 20.8. The van der Waals surface area contributed by atoms with Gasteiger partial charge < -0.3 is 10.2 Å². The quantitative estimate of drug-likeness (QED) is 0.527. The molecule has 0 heterocycles. The van der Waals surface area contributed by atoms with E-state index in [0.717, 1.165) is 0 Å². The van der Waals surface area contributed by atoms with Gasteiger partial charge in [-0.1, -0.05) is 0 Å². The van der Waals surface area contributed by atoms with Crippen LogP contribution in [0.3, 0.4) is 0 Å². The average molecular weight is 240 g/mol. The van der Waals surface area contributed by atoms with Crippen LogP contribution in [-0.2, 0) is 19.7 Å². The zero-order valence-electron chi connectivity index (χ0n) is 7.79. The molecule has 1 unspecified atom stereocenters. The lowest BCUT2D eigenvalue weighted by Crippen LogP contribution is -2.19. The van der Waals surface area contributed by atoms with E-state index in [2.05, 4.69) is 0 Å². The second kappa shape index (κ2) is 5.66. The first kappa shape index (κ1) is 13.8. The van der Waals surface area contributed by atoms with Gasteiger partial charge in [-0.05, 0) is 12.8 Å². The van der Waals surface area contributed by atoms with Crippen LogP contribution in [0.15, 0.2) is 0 Å². The van der Waals surface area contributed by atoms with Crippen molar-refractivity contribution in [1.82, 2.24) is 0 Å². The Morgan fingerprint density at radius 2 is 1.73 bits per heavy atom. The van der Waals surface area contributed by atoms with E-state index >= 15 is 0 Å². The number of hydrogen-bond acceptors (Lipinski definition) is 4. The van der Waals surface area contributed by atoms with Crippen molar-refractivity contribution < 1.29 is 32.8 Å². The van der Waals surface area contributed by atoms with E-state index in [-0.39, 0.29) is 12.8 Å². The first-order chi connectivity index (χ1) is 6.72. The highest BCUT2D eigenvalue weighted by Gasteiger charge is 2.21. The monoisotopic (exact) mass is 240 g/mol. The molecular weight excluding hydrogens is 228 g/mol. The third-order valence-electron chi connectivity index (χ3n) is 1.73. The molecule has 0 aliphatic heterocycles. The molecule has 0 aromatic carbocycles. The zero-order chi connectivity index (χ0) is 12.1. The van der Waals surface area contributed by atoms with Crippen LogP contribution in [0, 0.1) is 5.92 Å². The fourth-order valence-electron chi connectivity index (χ4n) is 1.04. The molecule has 7 nitrogen and oxygen atoms in total. The molecule has 0 aliphatic rings. The van der Waals surface area contributed by atoms with Crippen LogP contribution in [-0.4, -0.2) is 40.9 Å². The Labute approximate surface area is 86.5 Å². The van der Waals surface area contributed by atoms with Crippen molar-refractivity contribution >= 4 is 22.1 Å². The molecule has 0 saturated carbocycles. The summed E-state index contributed by atoms with van der Waals surface area (Å²) < 4.78 is 29.0. The summed E-state index contributed by atoms with van der Waals surface area (Å²) in [6, 6.07) is 0. The average Bonchev–Trinajstić information content (AvgIpc) is 1.99. The van der Waals surface area contributed by atoms with Crippen molar-refractivity contribution in [2.45, 2.75) is 19.3 Å². The first-order valence-electron chi connectivity index (χ1n) is 4.12. The molecule has 0 fully saturated rings. The molecule has 0 rings (SSSR count). The standard InChI is InChI=1S/C7H12O7S/c8-6(9)4-5(7(10)11)2-1-3-15(12,13)14/h5H,1-4H2,(H,8,9)(H,10,11)(H,12,13,14). The second-order valence-electron chi connectivity index (χ2n) is 3.06. The molecule has 0 aliphatic carbocycles. The van der Waals surface area contributed by atoms with Crippen molar-refractivity contribution in [2.75, 3.05) is 5.75 Å². The van der Waals surface area contributed by atoms with Crippen molar-refractivity contribution in [3.8, 4) is 0 Å². The van der Waals surface area contributed by atoms with Crippen LogP contribution < -0.4 is 0 Å². The summed E-state index contributed by atoms with van der Waals surface area (Å²) in [6.07, 6.45) is -0.731. The van der Waals surface area contributed by atoms with Gasteiger partial charge in [-0.2, -0.15) is 8.42 Å². The molecule has 0 amide bonds. The molecule has 0 aromatic heterocycles. The Morgan fingerprint density at radius 3 is 2.07 bits per heavy atom. The van der Waals surface area contributed by atoms with Gasteiger partial charge in [0.05, 0.1) is 18.1 Å². The van der Waals surface area contributed by atoms with Gasteiger partial charge in [0.15, 0.2) is 0 Å². The normalized spacial score (nSPS) is 13.4. The number of aliphatic carboxylic acids is 2. The summed E-state index contributed by atoms with van der Waals surface area (Å²) >= 11 is 0. The van der Waals surface area contributed by atoms with Crippen LogP contribution >= 0.6 is 0 Å². The summed E-state index contributed by atoms with van der Waals surface area (Å²) in [5, 5.41) is 16.9. The lowest BCUT2D eigenvalue weighted by molar-refractivity contribution is -0.148. The lowest BCUT2D eigenvalue weighted by atomic mass is 10.0. The first-order valence-corrected chi connectivity index (χ1v) is 5.73. The highest BCUT2D eigenvalue weighted by atomic mass is 32.2. The van der Waals surface area contributed by atoms with Crippen molar-refractivity contribution in [2.24, 2.45) is 5.92 Å². The maximum Gasteiger partial charge on any atom is 0.307 e. The van der Waals surface area contributed by atoms with Gasteiger partial charge in [-0.25, -0.2) is 0 Å². The zero-order valence-corrected chi connectivity index (χ0v) is 8.61. The molecule has 8 heteroatoms. The highest BCUT2D eigenvalue weighted by molar-refractivity contribution is 7.85. The number of carboxylic acid groups (broad SMARTS) is 2. The summed E-state index contributed by atoms with van der Waals surface area (Å²) in [5.41, 5.74) is 0. The van der Waals surface area contributed by atoms with Gasteiger partial charge in [-0.15, -0.1) is 0 Å². The largest absolute Gasteiger partial charge is 0.481 e. The van der Waals surface area contributed by atoms with Crippen LogP contribution in [0.1, 0.15) is 19.3 Å². The molecule has 0 spiro atoms. The minimum atomic E-state index is -4.11. The van der Waals surface area contributed by atoms with E-state index in [9.17, 15) is 18.0 Å². The Morgan fingerprint density at radius 1 is 1.20 bits per heavy atom. The highest BCUT2D eigenvalue weighted by Crippen LogP contribution is 2.12. The molecule has 0 bridgehead atoms. The van der Waals surface area contributed by atoms with Gasteiger partial charge in [0.1, 0.15) is 0 Å². The van der Waals surface area contributed by atoms with Gasteiger partial charge in [0.2, 0.25) is 0 Å². The Kier molecular flexibility index (Phi) is 5.23. The minimum Gasteiger partial charge on any atom is -0.481 e. The SMILES string of the molecule is O=C(O)CC(CCCS(=O)(=O)O)C(=O)O. The summed E-state index contributed by atoms with van der Waals surface area (Å²) in [5.74, 6) is -4.22. The fraction of sp³-hybridized carbons (Fsp3) is 0.714. The molecule has 88 valence electrons. The topological polar surface area (TPSA) is 129 Å². The maximum atomic E-state index is 10.5. The van der Waals surface area contributed by atoms with E-state index < -0.39 is 40.1 Å². The van der Waals surface area contributed by atoms with Gasteiger partial charge in [0, 0.05) is 0 Å². The predicted molar refractivity (Wildman–Crippen MR) is 49.0 cm³/mol. The third-order valence-corrected chi connectivity index (χ3v) is 2.53. The second-order valence-corrected chi connectivity index (χ2v) is 4.63. The lowest BCUT2D eigenvalue weighted by Gasteiger charge is -2.08. The van der Waals surface area contributed by atoms with E-state index in [1.54, 1.807) is 0 Å². The number of carbonyl (C=O) groups is 2. The van der Waals surface area contributed by atoms with E-state index in [1.807, 2.05) is 0 Å². The number of hydrogen-bond donors (Lipinski definition) is 3. The van der Waals surface area contributed by atoms with E-state index in [0.29, 0.717) is 0 Å². The van der Waals surface area contributed by atoms with Crippen molar-refractivity contribution in [1.29, 1.82) is 0 Å². The molecular formula is C7H12O7S.